The number of oxime groups is 1. The molecule has 152 valence electrons. The number of thiazole rings is 1. The SMILES string of the molecule is C#CCON=C(C(=O)NC1C(=O)N2C(OC(=O)O)=CCS[C@@H]12)c1nc(N)sc1Cl. The number of ether oxygens (including phenoxy) is 1. The highest BCUT2D eigenvalue weighted by molar-refractivity contribution is 8.00. The van der Waals surface area contributed by atoms with Gasteiger partial charge in [-0.25, -0.2) is 9.78 Å². The van der Waals surface area contributed by atoms with Crippen LogP contribution in [-0.4, -0.2) is 62.4 Å². The molecule has 1 aromatic heterocycles. The first-order chi connectivity index (χ1) is 13.8. The van der Waals surface area contributed by atoms with Crippen molar-refractivity contribution >= 4 is 63.5 Å². The number of carboxylic acid groups (broad SMARTS) is 1. The van der Waals surface area contributed by atoms with E-state index in [9.17, 15) is 14.4 Å². The van der Waals surface area contributed by atoms with E-state index in [0.717, 1.165) is 16.2 Å². The number of hydrogen-bond acceptors (Lipinski definition) is 10. The molecule has 3 heterocycles. The molecule has 11 nitrogen and oxygen atoms in total. The molecule has 14 heteroatoms. The van der Waals surface area contributed by atoms with Gasteiger partial charge >= 0.3 is 6.16 Å². The third-order valence-corrected chi connectivity index (χ3v) is 5.90. The van der Waals surface area contributed by atoms with Gasteiger partial charge in [0.25, 0.3) is 11.8 Å². The lowest BCUT2D eigenvalue weighted by Crippen LogP contribution is -2.70. The number of fused-ring (bicyclic) bond motifs is 1. The first-order valence-corrected chi connectivity index (χ1v) is 10.00. The topological polar surface area (TPSA) is 156 Å². The number of aromatic nitrogens is 1. The Labute approximate surface area is 176 Å². The van der Waals surface area contributed by atoms with Crippen molar-refractivity contribution in [3.05, 3.63) is 22.0 Å². The van der Waals surface area contributed by atoms with Gasteiger partial charge in [0.05, 0.1) is 0 Å². The largest absolute Gasteiger partial charge is 0.512 e. The van der Waals surface area contributed by atoms with Crippen molar-refractivity contribution in [3.63, 3.8) is 0 Å². The Hall–Kier alpha value is -2.95. The van der Waals surface area contributed by atoms with Crippen LogP contribution in [0.2, 0.25) is 4.34 Å². The average Bonchev–Trinajstić information content (AvgIpc) is 3.00. The Morgan fingerprint density at radius 1 is 1.59 bits per heavy atom. The number of anilines is 1. The van der Waals surface area contributed by atoms with Gasteiger partial charge in [0.1, 0.15) is 21.4 Å². The van der Waals surface area contributed by atoms with Gasteiger partial charge in [-0.3, -0.25) is 14.5 Å². The van der Waals surface area contributed by atoms with Crippen LogP contribution in [0.3, 0.4) is 0 Å². The van der Waals surface area contributed by atoms with Crippen molar-refractivity contribution in [3.8, 4) is 12.3 Å². The Bertz CT molecular complexity index is 971. The molecule has 1 unspecified atom stereocenters. The number of rotatable bonds is 6. The van der Waals surface area contributed by atoms with Gasteiger partial charge in [0.2, 0.25) is 5.88 Å². The van der Waals surface area contributed by atoms with Crippen LogP contribution < -0.4 is 11.1 Å². The minimum Gasteiger partial charge on any atom is -0.449 e. The minimum absolute atomic E-state index is 0.0154. The summed E-state index contributed by atoms with van der Waals surface area (Å²) in [6.45, 7) is -0.205. The molecule has 0 aromatic carbocycles. The summed E-state index contributed by atoms with van der Waals surface area (Å²) < 4.78 is 4.71. The van der Waals surface area contributed by atoms with Gasteiger partial charge in [-0.05, 0) is 6.08 Å². The Morgan fingerprint density at radius 2 is 2.34 bits per heavy atom. The van der Waals surface area contributed by atoms with E-state index >= 15 is 0 Å². The fourth-order valence-electron chi connectivity index (χ4n) is 2.50. The van der Waals surface area contributed by atoms with Crippen LogP contribution in [0.4, 0.5) is 9.93 Å². The van der Waals surface area contributed by atoms with Crippen LogP contribution in [0.5, 0.6) is 0 Å². The smallest absolute Gasteiger partial charge is 0.449 e. The Morgan fingerprint density at radius 3 is 2.97 bits per heavy atom. The first kappa shape index (κ1) is 20.8. The molecule has 2 atom stereocenters. The third-order valence-electron chi connectivity index (χ3n) is 3.63. The molecule has 0 saturated carbocycles. The number of halogens is 1. The highest BCUT2D eigenvalue weighted by Gasteiger charge is 2.53. The van der Waals surface area contributed by atoms with Crippen molar-refractivity contribution in [1.82, 2.24) is 15.2 Å². The molecule has 2 amide bonds. The molecule has 2 aliphatic heterocycles. The lowest BCUT2D eigenvalue weighted by Gasteiger charge is -2.47. The number of nitrogens with two attached hydrogens (primary N) is 1. The second kappa shape index (κ2) is 8.60. The van der Waals surface area contributed by atoms with Gasteiger partial charge in [-0.2, -0.15) is 0 Å². The van der Waals surface area contributed by atoms with Gasteiger partial charge in [0, 0.05) is 5.75 Å². The normalized spacial score (nSPS) is 20.7. The van der Waals surface area contributed by atoms with Gasteiger partial charge in [-0.1, -0.05) is 34.0 Å². The lowest BCUT2D eigenvalue weighted by atomic mass is 10.1. The van der Waals surface area contributed by atoms with E-state index in [1.165, 1.54) is 17.8 Å². The van der Waals surface area contributed by atoms with Crippen LogP contribution in [0, 0.1) is 12.3 Å². The fraction of sp³-hybridized carbons (Fsp3) is 0.267. The number of terminal acetylenes is 1. The van der Waals surface area contributed by atoms with Crippen molar-refractivity contribution in [1.29, 1.82) is 0 Å². The van der Waals surface area contributed by atoms with E-state index in [2.05, 4.69) is 26.1 Å². The molecule has 1 aromatic rings. The zero-order valence-electron chi connectivity index (χ0n) is 14.3. The summed E-state index contributed by atoms with van der Waals surface area (Å²) in [6.07, 6.45) is 5.02. The molecule has 1 saturated heterocycles. The summed E-state index contributed by atoms with van der Waals surface area (Å²) in [6, 6.07) is -0.943. The monoisotopic (exact) mass is 457 g/mol. The molecule has 1 fully saturated rings. The molecule has 0 aliphatic carbocycles. The van der Waals surface area contributed by atoms with Crippen molar-refractivity contribution < 1.29 is 29.1 Å². The number of nitrogen functional groups attached to an aromatic ring is 1. The van der Waals surface area contributed by atoms with E-state index in [-0.39, 0.29) is 33.4 Å². The number of carbonyl (C=O) groups excluding carboxylic acids is 2. The summed E-state index contributed by atoms with van der Waals surface area (Å²) in [4.78, 5) is 45.9. The van der Waals surface area contributed by atoms with Crippen LogP contribution in [0.1, 0.15) is 5.69 Å². The molecule has 2 aliphatic rings. The van der Waals surface area contributed by atoms with Crippen LogP contribution >= 0.6 is 34.7 Å². The molecule has 29 heavy (non-hydrogen) atoms. The maximum atomic E-state index is 12.8. The van der Waals surface area contributed by atoms with Crippen LogP contribution in [-0.2, 0) is 19.2 Å². The van der Waals surface area contributed by atoms with Crippen LogP contribution in [0.15, 0.2) is 17.1 Å². The van der Waals surface area contributed by atoms with E-state index in [4.69, 9.17) is 33.7 Å². The lowest BCUT2D eigenvalue weighted by molar-refractivity contribution is -0.148. The van der Waals surface area contributed by atoms with Crippen molar-refractivity contribution in [2.45, 2.75) is 11.4 Å². The summed E-state index contributed by atoms with van der Waals surface area (Å²) in [5.74, 6) is 1.15. The maximum absolute atomic E-state index is 12.8. The summed E-state index contributed by atoms with van der Waals surface area (Å²) in [7, 11) is 0. The highest BCUT2D eigenvalue weighted by atomic mass is 35.5. The predicted molar refractivity (Wildman–Crippen MR) is 105 cm³/mol. The number of nitrogens with one attached hydrogen (secondary N) is 1. The summed E-state index contributed by atoms with van der Waals surface area (Å²) in [5, 5.41) is 14.5. The van der Waals surface area contributed by atoms with Gasteiger partial charge in [-0.15, -0.1) is 18.2 Å². The van der Waals surface area contributed by atoms with Crippen LogP contribution in [0.25, 0.3) is 0 Å². The number of nitrogens with zero attached hydrogens (tertiary/aromatic N) is 3. The van der Waals surface area contributed by atoms with Crippen molar-refractivity contribution in [2.24, 2.45) is 5.16 Å². The van der Waals surface area contributed by atoms with Crippen molar-refractivity contribution in [2.75, 3.05) is 18.1 Å². The summed E-state index contributed by atoms with van der Waals surface area (Å²) in [5.41, 5.74) is 5.29. The number of carbonyl (C=O) groups is 3. The number of hydrogen-bond donors (Lipinski definition) is 3. The first-order valence-electron chi connectivity index (χ1n) is 7.75. The maximum Gasteiger partial charge on any atom is 0.512 e. The highest BCUT2D eigenvalue weighted by Crippen LogP contribution is 2.38. The van der Waals surface area contributed by atoms with E-state index in [1.807, 2.05) is 0 Å². The number of amides is 2. The molecule has 4 N–H and O–H groups in total. The number of β-lactam (4-membered cyclic amide) rings is 1. The minimum atomic E-state index is -1.54. The standard InChI is InChI=1S/C15H12ClN5O6S2/c1-2-4-26-20-8(7-10(16)29-14(17)19-7)11(22)18-9-12(23)21-6(27-15(24)25)3-5-28-13(9)21/h1,3,9,13H,4-5H2,(H2,17,19)(H,18,22)(H,24,25)/t9?,13-/m0/s1. The predicted octanol–water partition coefficient (Wildman–Crippen LogP) is 0.668. The third kappa shape index (κ3) is 4.24. The van der Waals surface area contributed by atoms with Gasteiger partial charge in [0.15, 0.2) is 17.5 Å². The second-order valence-corrected chi connectivity index (χ2v) is 8.17. The van der Waals surface area contributed by atoms with E-state index in [1.54, 1.807) is 0 Å². The molecule has 0 bridgehead atoms. The molecule has 0 spiro atoms. The quantitative estimate of drug-likeness (QED) is 0.139. The van der Waals surface area contributed by atoms with E-state index < -0.39 is 29.4 Å². The molecular formula is C15H12ClN5O6S2. The number of thioether (sulfide) groups is 1. The zero-order valence-corrected chi connectivity index (χ0v) is 16.7. The second-order valence-electron chi connectivity index (χ2n) is 5.39. The zero-order chi connectivity index (χ0) is 21.1. The average molecular weight is 458 g/mol. The van der Waals surface area contributed by atoms with Gasteiger partial charge < -0.3 is 25.7 Å². The Kier molecular flexibility index (Phi) is 6.16. The summed E-state index contributed by atoms with van der Waals surface area (Å²) >= 11 is 8.30. The molecular weight excluding hydrogens is 446 g/mol. The Balaban J connectivity index is 1.77. The molecule has 0 radical (unpaired) electrons. The fourth-order valence-corrected chi connectivity index (χ4v) is 4.60. The van der Waals surface area contributed by atoms with E-state index in [0.29, 0.717) is 5.75 Å². The molecule has 3 rings (SSSR count).